The molecule has 0 spiro atoms. The highest BCUT2D eigenvalue weighted by molar-refractivity contribution is 5.91. The minimum absolute atomic E-state index is 0.0512. The first kappa shape index (κ1) is 13.0. The maximum absolute atomic E-state index is 13.6. The Bertz CT molecular complexity index is 639. The molecular formula is C14H10F2O3. The molecule has 0 bridgehead atoms. The fourth-order valence-electron chi connectivity index (χ4n) is 1.71. The predicted molar refractivity (Wildman–Crippen MR) is 64.8 cm³/mol. The van der Waals surface area contributed by atoms with Crippen molar-refractivity contribution in [2.24, 2.45) is 0 Å². The van der Waals surface area contributed by atoms with Gasteiger partial charge in [-0.1, -0.05) is 0 Å². The van der Waals surface area contributed by atoms with Crippen molar-refractivity contribution in [2.45, 2.75) is 0 Å². The maximum Gasteiger partial charge on any atom is 0.337 e. The normalized spacial score (nSPS) is 10.3. The van der Waals surface area contributed by atoms with Gasteiger partial charge in [0.25, 0.3) is 0 Å². The summed E-state index contributed by atoms with van der Waals surface area (Å²) < 4.78 is 30.9. The third kappa shape index (κ3) is 2.54. The number of phenolic OH excluding ortho intramolecular Hbond substituents is 1. The van der Waals surface area contributed by atoms with E-state index < -0.39 is 17.6 Å². The number of halogens is 2. The highest BCUT2D eigenvalue weighted by Gasteiger charge is 2.13. The molecule has 98 valence electrons. The van der Waals surface area contributed by atoms with E-state index in [1.165, 1.54) is 31.4 Å². The zero-order chi connectivity index (χ0) is 14.0. The lowest BCUT2D eigenvalue weighted by Gasteiger charge is -2.08. The van der Waals surface area contributed by atoms with Crippen LogP contribution in [0.15, 0.2) is 36.4 Å². The van der Waals surface area contributed by atoms with Crippen LogP contribution in [-0.2, 0) is 4.74 Å². The number of methoxy groups -OCH3 is 1. The lowest BCUT2D eigenvalue weighted by Crippen LogP contribution is -2.00. The number of hydrogen-bond acceptors (Lipinski definition) is 3. The van der Waals surface area contributed by atoms with Gasteiger partial charge in [-0.3, -0.25) is 0 Å². The molecule has 0 atom stereocenters. The zero-order valence-electron chi connectivity index (χ0n) is 9.98. The smallest absolute Gasteiger partial charge is 0.337 e. The Morgan fingerprint density at radius 2 is 1.79 bits per heavy atom. The Morgan fingerprint density at radius 1 is 1.11 bits per heavy atom. The van der Waals surface area contributed by atoms with E-state index in [1.54, 1.807) is 0 Å². The number of rotatable bonds is 2. The van der Waals surface area contributed by atoms with Gasteiger partial charge < -0.3 is 9.84 Å². The SMILES string of the molecule is COC(=O)c1ccc(-c2ccc(F)cc2F)c(O)c1. The summed E-state index contributed by atoms with van der Waals surface area (Å²) in [7, 11) is 1.22. The van der Waals surface area contributed by atoms with Crippen LogP contribution in [0.1, 0.15) is 10.4 Å². The van der Waals surface area contributed by atoms with Crippen molar-refractivity contribution < 1.29 is 23.4 Å². The molecule has 1 N–H and O–H groups in total. The third-order valence-electron chi connectivity index (χ3n) is 2.64. The molecule has 3 nitrogen and oxygen atoms in total. The Morgan fingerprint density at radius 3 is 2.37 bits per heavy atom. The molecule has 0 fully saturated rings. The van der Waals surface area contributed by atoms with Crippen LogP contribution in [0, 0.1) is 11.6 Å². The average molecular weight is 264 g/mol. The molecule has 0 aromatic heterocycles. The van der Waals surface area contributed by atoms with Gasteiger partial charge in [0, 0.05) is 17.2 Å². The van der Waals surface area contributed by atoms with Crippen LogP contribution in [-0.4, -0.2) is 18.2 Å². The largest absolute Gasteiger partial charge is 0.507 e. The number of carbonyl (C=O) groups excluding carboxylic acids is 1. The fourth-order valence-corrected chi connectivity index (χ4v) is 1.71. The lowest BCUT2D eigenvalue weighted by molar-refractivity contribution is 0.0600. The van der Waals surface area contributed by atoms with E-state index in [1.807, 2.05) is 0 Å². The monoisotopic (exact) mass is 264 g/mol. The van der Waals surface area contributed by atoms with Crippen LogP contribution in [0.25, 0.3) is 11.1 Å². The topological polar surface area (TPSA) is 46.5 Å². The Hall–Kier alpha value is -2.43. The Balaban J connectivity index is 2.49. The summed E-state index contributed by atoms with van der Waals surface area (Å²) in [6, 6.07) is 6.97. The molecule has 0 radical (unpaired) electrons. The molecule has 0 unspecified atom stereocenters. The van der Waals surface area contributed by atoms with Crippen molar-refractivity contribution in [1.29, 1.82) is 0 Å². The van der Waals surface area contributed by atoms with E-state index >= 15 is 0 Å². The number of carbonyl (C=O) groups is 1. The molecule has 0 saturated heterocycles. The van der Waals surface area contributed by atoms with Gasteiger partial charge in [-0.25, -0.2) is 13.6 Å². The van der Waals surface area contributed by atoms with Crippen molar-refractivity contribution in [2.75, 3.05) is 7.11 Å². The first-order valence-corrected chi connectivity index (χ1v) is 5.39. The van der Waals surface area contributed by atoms with Crippen molar-refractivity contribution in [3.63, 3.8) is 0 Å². The highest BCUT2D eigenvalue weighted by atomic mass is 19.1. The van der Waals surface area contributed by atoms with Crippen LogP contribution in [0.5, 0.6) is 5.75 Å². The number of benzene rings is 2. The number of phenols is 1. The Labute approximate surface area is 108 Å². The van der Waals surface area contributed by atoms with Crippen LogP contribution >= 0.6 is 0 Å². The van der Waals surface area contributed by atoms with Crippen molar-refractivity contribution in [1.82, 2.24) is 0 Å². The molecule has 2 aromatic rings. The molecule has 0 aliphatic rings. The second-order valence-corrected chi connectivity index (χ2v) is 3.85. The molecule has 0 amide bonds. The quantitative estimate of drug-likeness (QED) is 0.848. The molecular weight excluding hydrogens is 254 g/mol. The molecule has 0 aliphatic heterocycles. The lowest BCUT2D eigenvalue weighted by atomic mass is 10.0. The molecule has 0 heterocycles. The van der Waals surface area contributed by atoms with Crippen molar-refractivity contribution in [3.8, 4) is 16.9 Å². The van der Waals surface area contributed by atoms with Gasteiger partial charge in [-0.05, 0) is 30.3 Å². The van der Waals surface area contributed by atoms with E-state index in [2.05, 4.69) is 4.74 Å². The summed E-state index contributed by atoms with van der Waals surface area (Å²) in [5.74, 6) is -2.39. The number of esters is 1. The highest BCUT2D eigenvalue weighted by Crippen LogP contribution is 2.32. The van der Waals surface area contributed by atoms with Gasteiger partial charge in [0.2, 0.25) is 0 Å². The summed E-state index contributed by atoms with van der Waals surface area (Å²) in [6.07, 6.45) is 0. The van der Waals surface area contributed by atoms with Gasteiger partial charge in [-0.2, -0.15) is 0 Å². The number of ether oxygens (including phenoxy) is 1. The minimum Gasteiger partial charge on any atom is -0.507 e. The minimum atomic E-state index is -0.791. The summed E-state index contributed by atoms with van der Waals surface area (Å²) in [6.45, 7) is 0. The maximum atomic E-state index is 13.6. The molecule has 0 saturated carbocycles. The van der Waals surface area contributed by atoms with Crippen LogP contribution in [0.3, 0.4) is 0 Å². The molecule has 2 aromatic carbocycles. The van der Waals surface area contributed by atoms with Gasteiger partial charge in [0.1, 0.15) is 17.4 Å². The molecule has 0 aliphatic carbocycles. The van der Waals surface area contributed by atoms with E-state index in [4.69, 9.17) is 0 Å². The molecule has 2 rings (SSSR count). The predicted octanol–water partition coefficient (Wildman–Crippen LogP) is 3.12. The van der Waals surface area contributed by atoms with Crippen LogP contribution in [0.4, 0.5) is 8.78 Å². The first-order chi connectivity index (χ1) is 9.02. The number of hydrogen-bond donors (Lipinski definition) is 1. The summed E-state index contributed by atoms with van der Waals surface area (Å²) in [5, 5.41) is 9.81. The van der Waals surface area contributed by atoms with E-state index in [9.17, 15) is 18.7 Å². The van der Waals surface area contributed by atoms with E-state index in [0.717, 1.165) is 12.1 Å². The molecule has 5 heteroatoms. The van der Waals surface area contributed by atoms with Gasteiger partial charge in [0.15, 0.2) is 0 Å². The third-order valence-corrected chi connectivity index (χ3v) is 2.64. The molecule has 19 heavy (non-hydrogen) atoms. The summed E-state index contributed by atoms with van der Waals surface area (Å²) in [4.78, 5) is 11.3. The van der Waals surface area contributed by atoms with E-state index in [-0.39, 0.29) is 22.4 Å². The average Bonchev–Trinajstić information content (AvgIpc) is 2.38. The van der Waals surface area contributed by atoms with Crippen LogP contribution in [0.2, 0.25) is 0 Å². The van der Waals surface area contributed by atoms with Gasteiger partial charge >= 0.3 is 5.97 Å². The summed E-state index contributed by atoms with van der Waals surface area (Å²) >= 11 is 0. The van der Waals surface area contributed by atoms with Crippen molar-refractivity contribution in [3.05, 3.63) is 53.6 Å². The van der Waals surface area contributed by atoms with E-state index in [0.29, 0.717) is 0 Å². The number of aromatic hydroxyl groups is 1. The zero-order valence-corrected chi connectivity index (χ0v) is 9.98. The van der Waals surface area contributed by atoms with Crippen LogP contribution < -0.4 is 0 Å². The fraction of sp³-hybridized carbons (Fsp3) is 0.0714. The van der Waals surface area contributed by atoms with Crippen molar-refractivity contribution >= 4 is 5.97 Å². The second kappa shape index (κ2) is 5.06. The van der Waals surface area contributed by atoms with Gasteiger partial charge in [0.05, 0.1) is 12.7 Å². The summed E-state index contributed by atoms with van der Waals surface area (Å²) in [5.41, 5.74) is 0.367. The standard InChI is InChI=1S/C14H10F2O3/c1-19-14(18)8-2-4-11(13(17)6-8)10-5-3-9(15)7-12(10)16/h2-7,17H,1H3. The van der Waals surface area contributed by atoms with Gasteiger partial charge in [-0.15, -0.1) is 0 Å². The Kier molecular flexibility index (Phi) is 3.46. The first-order valence-electron chi connectivity index (χ1n) is 5.39. The second-order valence-electron chi connectivity index (χ2n) is 3.85.